The summed E-state index contributed by atoms with van der Waals surface area (Å²) in [5.74, 6) is -0.965. The molecule has 1 aliphatic rings. The standard InChI is InChI=1S/C22H22F2N4O.ClH/c1-13-7-9-28(10-8-13)22(29)17-12-25-21-16(5-3-14(2)26-21)20(17)27-19-6-4-15(23)11-18(19)24;/h3-6,11-13H,7-10H2,1-2H3,(H,25,26,27);1H. The van der Waals surface area contributed by atoms with Gasteiger partial charge in [0.25, 0.3) is 5.91 Å². The SMILES string of the molecule is Cc1ccc2c(Nc3ccc(F)cc3F)c(C(=O)N3CCC(C)CC3)cnc2n1.Cl. The number of pyridine rings is 2. The highest BCUT2D eigenvalue weighted by atomic mass is 35.5. The van der Waals surface area contributed by atoms with E-state index in [4.69, 9.17) is 0 Å². The maximum Gasteiger partial charge on any atom is 0.257 e. The Morgan fingerprint density at radius 3 is 2.60 bits per heavy atom. The van der Waals surface area contributed by atoms with Crippen LogP contribution in [-0.2, 0) is 0 Å². The monoisotopic (exact) mass is 432 g/mol. The summed E-state index contributed by atoms with van der Waals surface area (Å²) in [5, 5.41) is 3.60. The van der Waals surface area contributed by atoms with Crippen LogP contribution in [0.5, 0.6) is 0 Å². The molecule has 2 aromatic heterocycles. The van der Waals surface area contributed by atoms with Crippen molar-refractivity contribution in [1.82, 2.24) is 14.9 Å². The van der Waals surface area contributed by atoms with E-state index in [-0.39, 0.29) is 24.0 Å². The molecular weight excluding hydrogens is 410 g/mol. The number of fused-ring (bicyclic) bond motifs is 1. The van der Waals surface area contributed by atoms with Crippen LogP contribution in [0.1, 0.15) is 35.8 Å². The molecule has 5 nitrogen and oxygen atoms in total. The number of nitrogens with zero attached hydrogens (tertiary/aromatic N) is 3. The Morgan fingerprint density at radius 1 is 1.17 bits per heavy atom. The maximum atomic E-state index is 14.3. The molecule has 0 radical (unpaired) electrons. The fourth-order valence-corrected chi connectivity index (χ4v) is 3.58. The number of carbonyl (C=O) groups is 1. The molecule has 1 aromatic carbocycles. The molecule has 0 bridgehead atoms. The second kappa shape index (κ2) is 8.92. The van der Waals surface area contributed by atoms with Crippen LogP contribution in [0, 0.1) is 24.5 Å². The predicted molar refractivity (Wildman–Crippen MR) is 115 cm³/mol. The van der Waals surface area contributed by atoms with Crippen LogP contribution in [0.2, 0.25) is 0 Å². The van der Waals surface area contributed by atoms with Crippen molar-refractivity contribution >= 4 is 40.7 Å². The van der Waals surface area contributed by atoms with Crippen LogP contribution in [0.25, 0.3) is 11.0 Å². The molecular formula is C22H23ClF2N4O. The van der Waals surface area contributed by atoms with Crippen LogP contribution >= 0.6 is 12.4 Å². The Balaban J connectivity index is 0.00000256. The Morgan fingerprint density at radius 2 is 1.90 bits per heavy atom. The van der Waals surface area contributed by atoms with Gasteiger partial charge in [0.1, 0.15) is 11.6 Å². The molecule has 1 aliphatic heterocycles. The van der Waals surface area contributed by atoms with E-state index in [0.717, 1.165) is 24.6 Å². The maximum absolute atomic E-state index is 14.3. The van der Waals surface area contributed by atoms with Crippen molar-refractivity contribution in [2.45, 2.75) is 26.7 Å². The lowest BCUT2D eigenvalue weighted by atomic mass is 9.98. The molecule has 4 rings (SSSR count). The zero-order chi connectivity index (χ0) is 20.5. The molecule has 3 aromatic rings. The summed E-state index contributed by atoms with van der Waals surface area (Å²) in [6.45, 7) is 5.38. The highest BCUT2D eigenvalue weighted by Crippen LogP contribution is 2.31. The molecule has 1 amide bonds. The third-order valence-electron chi connectivity index (χ3n) is 5.36. The normalized spacial score (nSPS) is 14.5. The molecule has 158 valence electrons. The van der Waals surface area contributed by atoms with Crippen LogP contribution in [0.4, 0.5) is 20.2 Å². The number of nitrogens with one attached hydrogen (secondary N) is 1. The smallest absolute Gasteiger partial charge is 0.257 e. The Hall–Kier alpha value is -2.80. The van der Waals surface area contributed by atoms with Crippen molar-refractivity contribution in [3.8, 4) is 0 Å². The van der Waals surface area contributed by atoms with Gasteiger partial charge in [-0.05, 0) is 49.9 Å². The molecule has 3 heterocycles. The van der Waals surface area contributed by atoms with Gasteiger partial charge in [0.15, 0.2) is 5.65 Å². The number of aryl methyl sites for hydroxylation is 1. The third kappa shape index (κ3) is 4.36. The number of amides is 1. The van der Waals surface area contributed by atoms with Crippen molar-refractivity contribution in [3.05, 3.63) is 59.4 Å². The minimum absolute atomic E-state index is 0. The van der Waals surface area contributed by atoms with Gasteiger partial charge in [-0.2, -0.15) is 0 Å². The summed E-state index contributed by atoms with van der Waals surface area (Å²) >= 11 is 0. The van der Waals surface area contributed by atoms with E-state index in [2.05, 4.69) is 22.2 Å². The fourth-order valence-electron chi connectivity index (χ4n) is 3.58. The number of likely N-dealkylation sites (tertiary alicyclic amines) is 1. The summed E-state index contributed by atoms with van der Waals surface area (Å²) in [7, 11) is 0. The Kier molecular flexibility index (Phi) is 6.51. The number of piperidine rings is 1. The van der Waals surface area contributed by atoms with Crippen molar-refractivity contribution in [2.75, 3.05) is 18.4 Å². The van der Waals surface area contributed by atoms with Crippen molar-refractivity contribution in [3.63, 3.8) is 0 Å². The van der Waals surface area contributed by atoms with E-state index >= 15 is 0 Å². The number of carbonyl (C=O) groups excluding carboxylic acids is 1. The average molecular weight is 433 g/mol. The first kappa shape index (κ1) is 21.9. The zero-order valence-electron chi connectivity index (χ0n) is 16.8. The lowest BCUT2D eigenvalue weighted by molar-refractivity contribution is 0.0698. The number of halogens is 3. The summed E-state index contributed by atoms with van der Waals surface area (Å²) in [4.78, 5) is 23.8. The van der Waals surface area contributed by atoms with E-state index in [1.165, 1.54) is 18.3 Å². The topological polar surface area (TPSA) is 58.1 Å². The molecule has 0 saturated carbocycles. The summed E-state index contributed by atoms with van der Waals surface area (Å²) < 4.78 is 27.6. The molecule has 8 heteroatoms. The zero-order valence-corrected chi connectivity index (χ0v) is 17.6. The Bertz CT molecular complexity index is 1080. The van der Waals surface area contributed by atoms with E-state index in [1.54, 1.807) is 4.90 Å². The first-order valence-electron chi connectivity index (χ1n) is 9.70. The lowest BCUT2D eigenvalue weighted by Gasteiger charge is -2.31. The predicted octanol–water partition coefficient (Wildman–Crippen LogP) is 5.25. The van der Waals surface area contributed by atoms with Gasteiger partial charge in [0.05, 0.1) is 16.9 Å². The summed E-state index contributed by atoms with van der Waals surface area (Å²) in [5.41, 5.74) is 2.10. The van der Waals surface area contributed by atoms with Gasteiger partial charge in [0.2, 0.25) is 0 Å². The number of hydrogen-bond acceptors (Lipinski definition) is 4. The van der Waals surface area contributed by atoms with Crippen LogP contribution in [0.3, 0.4) is 0 Å². The molecule has 1 N–H and O–H groups in total. The third-order valence-corrected chi connectivity index (χ3v) is 5.36. The largest absolute Gasteiger partial charge is 0.352 e. The molecule has 0 spiro atoms. The van der Waals surface area contributed by atoms with E-state index < -0.39 is 11.6 Å². The van der Waals surface area contributed by atoms with Crippen LogP contribution in [-0.4, -0.2) is 33.9 Å². The van der Waals surface area contributed by atoms with Gasteiger partial charge < -0.3 is 10.2 Å². The lowest BCUT2D eigenvalue weighted by Crippen LogP contribution is -2.38. The number of hydrogen-bond donors (Lipinski definition) is 1. The first-order valence-corrected chi connectivity index (χ1v) is 9.70. The minimum atomic E-state index is -0.736. The number of rotatable bonds is 3. The number of anilines is 2. The van der Waals surface area contributed by atoms with E-state index in [9.17, 15) is 13.6 Å². The van der Waals surface area contributed by atoms with Gasteiger partial charge >= 0.3 is 0 Å². The van der Waals surface area contributed by atoms with E-state index in [1.807, 2.05) is 19.1 Å². The summed E-state index contributed by atoms with van der Waals surface area (Å²) in [6, 6.07) is 6.91. The van der Waals surface area contributed by atoms with Gasteiger partial charge in [-0.15, -0.1) is 12.4 Å². The molecule has 0 aliphatic carbocycles. The highest BCUT2D eigenvalue weighted by Gasteiger charge is 2.25. The van der Waals surface area contributed by atoms with Crippen LogP contribution in [0.15, 0.2) is 36.5 Å². The first-order chi connectivity index (χ1) is 13.9. The molecule has 30 heavy (non-hydrogen) atoms. The molecule has 0 unspecified atom stereocenters. The number of aromatic nitrogens is 2. The van der Waals surface area contributed by atoms with Crippen LogP contribution < -0.4 is 5.32 Å². The fraction of sp³-hybridized carbons (Fsp3) is 0.318. The molecule has 0 atom stereocenters. The van der Waals surface area contributed by atoms with E-state index in [0.29, 0.717) is 41.3 Å². The van der Waals surface area contributed by atoms with Gasteiger partial charge in [-0.3, -0.25) is 4.79 Å². The molecule has 1 fully saturated rings. The quantitative estimate of drug-likeness (QED) is 0.613. The van der Waals surface area contributed by atoms with Gasteiger partial charge in [-0.1, -0.05) is 6.92 Å². The average Bonchev–Trinajstić information content (AvgIpc) is 2.70. The van der Waals surface area contributed by atoms with Crippen molar-refractivity contribution < 1.29 is 13.6 Å². The van der Waals surface area contributed by atoms with Crippen molar-refractivity contribution in [2.24, 2.45) is 5.92 Å². The van der Waals surface area contributed by atoms with Gasteiger partial charge in [0, 0.05) is 36.4 Å². The van der Waals surface area contributed by atoms with Crippen molar-refractivity contribution in [1.29, 1.82) is 0 Å². The number of benzene rings is 1. The Labute approximate surface area is 179 Å². The van der Waals surface area contributed by atoms with Gasteiger partial charge in [-0.25, -0.2) is 18.7 Å². The molecule has 1 saturated heterocycles. The minimum Gasteiger partial charge on any atom is -0.352 e. The summed E-state index contributed by atoms with van der Waals surface area (Å²) in [6.07, 6.45) is 3.38. The second-order valence-corrected chi connectivity index (χ2v) is 7.59. The highest BCUT2D eigenvalue weighted by molar-refractivity contribution is 6.07. The second-order valence-electron chi connectivity index (χ2n) is 7.59.